The molecule has 30 heavy (non-hydrogen) atoms. The number of carbonyl (C=O) groups excluding carboxylic acids is 1. The molecule has 2 N–H and O–H groups in total. The maximum absolute atomic E-state index is 12.6. The summed E-state index contributed by atoms with van der Waals surface area (Å²) < 4.78 is 12.6. The molecule has 0 saturated heterocycles. The zero-order valence-corrected chi connectivity index (χ0v) is 17.1. The number of nitrogens with one attached hydrogen (secondary N) is 2. The SMILES string of the molecule is CC[NH+](CC(=O)Nc1ccc2c(c1)OCCO2)Cc1cc(=O)n2cc(C)ccc2n1. The lowest BCUT2D eigenvalue weighted by Gasteiger charge is -2.20. The minimum atomic E-state index is -0.116. The molecule has 4 rings (SSSR count). The quantitative estimate of drug-likeness (QED) is 0.630. The maximum Gasteiger partial charge on any atom is 0.279 e. The fraction of sp³-hybridized carbons (Fsp3) is 0.318. The third-order valence-electron chi connectivity index (χ3n) is 5.03. The molecule has 0 radical (unpaired) electrons. The van der Waals surface area contributed by atoms with E-state index in [9.17, 15) is 9.59 Å². The van der Waals surface area contributed by atoms with Crippen LogP contribution in [0.3, 0.4) is 0 Å². The van der Waals surface area contributed by atoms with E-state index in [0.717, 1.165) is 17.0 Å². The van der Waals surface area contributed by atoms with Gasteiger partial charge in [-0.25, -0.2) is 4.98 Å². The number of hydrogen-bond acceptors (Lipinski definition) is 5. The van der Waals surface area contributed by atoms with Gasteiger partial charge in [0.15, 0.2) is 18.0 Å². The molecule has 8 nitrogen and oxygen atoms in total. The minimum absolute atomic E-state index is 0.114. The second kappa shape index (κ2) is 8.54. The molecule has 0 spiro atoms. The van der Waals surface area contributed by atoms with Crippen LogP contribution in [-0.2, 0) is 11.3 Å². The Morgan fingerprint density at radius 3 is 2.77 bits per heavy atom. The molecule has 0 saturated carbocycles. The molecule has 1 aromatic carbocycles. The predicted octanol–water partition coefficient (Wildman–Crippen LogP) is 0.818. The molecule has 1 aliphatic heterocycles. The Morgan fingerprint density at radius 2 is 1.97 bits per heavy atom. The lowest BCUT2D eigenvalue weighted by Crippen LogP contribution is -3.11. The second-order valence-electron chi connectivity index (χ2n) is 7.38. The maximum atomic E-state index is 12.6. The third-order valence-corrected chi connectivity index (χ3v) is 5.03. The zero-order chi connectivity index (χ0) is 21.1. The number of hydrogen-bond donors (Lipinski definition) is 2. The summed E-state index contributed by atoms with van der Waals surface area (Å²) >= 11 is 0. The van der Waals surface area contributed by atoms with Crippen molar-refractivity contribution in [1.29, 1.82) is 0 Å². The molecule has 1 aliphatic rings. The molecular formula is C22H25N4O4+. The van der Waals surface area contributed by atoms with E-state index in [4.69, 9.17) is 9.47 Å². The molecule has 1 atom stereocenters. The fourth-order valence-corrected chi connectivity index (χ4v) is 3.47. The van der Waals surface area contributed by atoms with Crippen molar-refractivity contribution in [3.63, 3.8) is 0 Å². The normalized spacial score (nSPS) is 13.8. The standard InChI is InChI=1S/C22H24N4O4/c1-3-25(13-17-11-22(28)26-12-15(2)4-7-20(26)23-17)14-21(27)24-16-5-6-18-19(10-16)30-9-8-29-18/h4-7,10-12H,3,8-9,13-14H2,1-2H3,(H,24,27)/p+1. The summed E-state index contributed by atoms with van der Waals surface area (Å²) in [5, 5.41) is 2.91. The summed E-state index contributed by atoms with van der Waals surface area (Å²) in [6.07, 6.45) is 1.78. The molecule has 8 heteroatoms. The summed E-state index contributed by atoms with van der Waals surface area (Å²) in [4.78, 5) is 30.6. The molecular weight excluding hydrogens is 384 g/mol. The molecule has 1 amide bonds. The van der Waals surface area contributed by atoms with Gasteiger partial charge in [0.1, 0.15) is 31.1 Å². The number of aromatic nitrogens is 2. The summed E-state index contributed by atoms with van der Waals surface area (Å²) in [5.41, 5.74) is 2.83. The first-order valence-electron chi connectivity index (χ1n) is 10.0. The third kappa shape index (κ3) is 4.44. The molecule has 2 aromatic heterocycles. The van der Waals surface area contributed by atoms with Crippen molar-refractivity contribution in [3.8, 4) is 11.5 Å². The average molecular weight is 409 g/mol. The number of pyridine rings is 1. The predicted molar refractivity (Wildman–Crippen MR) is 112 cm³/mol. The van der Waals surface area contributed by atoms with Crippen LogP contribution < -0.4 is 25.2 Å². The molecule has 3 heterocycles. The first-order valence-corrected chi connectivity index (χ1v) is 10.0. The van der Waals surface area contributed by atoms with Crippen LogP contribution in [0.1, 0.15) is 18.2 Å². The van der Waals surface area contributed by atoms with Gasteiger partial charge >= 0.3 is 0 Å². The monoisotopic (exact) mass is 409 g/mol. The summed E-state index contributed by atoms with van der Waals surface area (Å²) in [7, 11) is 0. The van der Waals surface area contributed by atoms with Crippen molar-refractivity contribution in [3.05, 3.63) is 64.2 Å². The fourth-order valence-electron chi connectivity index (χ4n) is 3.47. The van der Waals surface area contributed by atoms with Gasteiger partial charge in [-0.1, -0.05) is 6.07 Å². The van der Waals surface area contributed by atoms with Crippen LogP contribution in [0.25, 0.3) is 5.65 Å². The van der Waals surface area contributed by atoms with Gasteiger partial charge in [0.05, 0.1) is 6.54 Å². The van der Waals surface area contributed by atoms with E-state index < -0.39 is 0 Å². The van der Waals surface area contributed by atoms with Crippen LogP contribution in [0, 0.1) is 6.92 Å². The average Bonchev–Trinajstić information content (AvgIpc) is 2.73. The van der Waals surface area contributed by atoms with Crippen molar-refractivity contribution >= 4 is 17.2 Å². The number of amides is 1. The van der Waals surface area contributed by atoms with E-state index in [1.54, 1.807) is 34.9 Å². The number of benzene rings is 1. The minimum Gasteiger partial charge on any atom is -0.486 e. The van der Waals surface area contributed by atoms with Gasteiger partial charge in [0, 0.05) is 24.0 Å². The number of rotatable bonds is 6. The molecule has 0 bridgehead atoms. The number of fused-ring (bicyclic) bond motifs is 2. The van der Waals surface area contributed by atoms with Crippen molar-refractivity contribution in [2.45, 2.75) is 20.4 Å². The molecule has 0 aliphatic carbocycles. The van der Waals surface area contributed by atoms with E-state index >= 15 is 0 Å². The van der Waals surface area contributed by atoms with Crippen LogP contribution in [0.15, 0.2) is 47.4 Å². The Bertz CT molecular complexity index is 1140. The Hall–Kier alpha value is -3.39. The van der Waals surface area contributed by atoms with Crippen molar-refractivity contribution < 1.29 is 19.2 Å². The highest BCUT2D eigenvalue weighted by atomic mass is 16.6. The van der Waals surface area contributed by atoms with Crippen molar-refractivity contribution in [2.24, 2.45) is 0 Å². The lowest BCUT2D eigenvalue weighted by atomic mass is 10.2. The Kier molecular flexibility index (Phi) is 5.67. The first kappa shape index (κ1) is 19.9. The van der Waals surface area contributed by atoms with E-state index in [-0.39, 0.29) is 18.0 Å². The van der Waals surface area contributed by atoms with E-state index in [0.29, 0.717) is 48.3 Å². The van der Waals surface area contributed by atoms with Gasteiger partial charge in [0.25, 0.3) is 11.5 Å². The van der Waals surface area contributed by atoms with Crippen LogP contribution in [0.2, 0.25) is 0 Å². The topological polar surface area (TPSA) is 86.4 Å². The van der Waals surface area contributed by atoms with Gasteiger partial charge in [-0.05, 0) is 37.6 Å². The number of quaternary nitrogens is 1. The lowest BCUT2D eigenvalue weighted by molar-refractivity contribution is -0.904. The highest BCUT2D eigenvalue weighted by Gasteiger charge is 2.17. The molecule has 3 aromatic rings. The zero-order valence-electron chi connectivity index (χ0n) is 17.1. The summed E-state index contributed by atoms with van der Waals surface area (Å²) in [5.74, 6) is 1.20. The number of carbonyl (C=O) groups is 1. The van der Waals surface area contributed by atoms with Gasteiger partial charge in [-0.15, -0.1) is 0 Å². The highest BCUT2D eigenvalue weighted by Crippen LogP contribution is 2.32. The molecule has 1 unspecified atom stereocenters. The van der Waals surface area contributed by atoms with Gasteiger partial charge in [-0.2, -0.15) is 0 Å². The Balaban J connectivity index is 1.43. The number of nitrogens with zero attached hydrogens (tertiary/aromatic N) is 2. The summed E-state index contributed by atoms with van der Waals surface area (Å²) in [6, 6.07) is 10.7. The number of aryl methyl sites for hydroxylation is 1. The molecule has 0 fully saturated rings. The van der Waals surface area contributed by atoms with E-state index in [2.05, 4.69) is 10.3 Å². The number of ether oxygens (including phenoxy) is 2. The van der Waals surface area contributed by atoms with Crippen molar-refractivity contribution in [1.82, 2.24) is 9.38 Å². The van der Waals surface area contributed by atoms with Crippen LogP contribution in [-0.4, -0.2) is 41.6 Å². The largest absolute Gasteiger partial charge is 0.486 e. The molecule has 156 valence electrons. The smallest absolute Gasteiger partial charge is 0.279 e. The Morgan fingerprint density at radius 1 is 1.17 bits per heavy atom. The van der Waals surface area contributed by atoms with E-state index in [1.165, 1.54) is 0 Å². The second-order valence-corrected chi connectivity index (χ2v) is 7.38. The first-order chi connectivity index (χ1) is 14.5. The van der Waals surface area contributed by atoms with E-state index in [1.807, 2.05) is 26.0 Å². The van der Waals surface area contributed by atoms with Gasteiger partial charge in [-0.3, -0.25) is 14.0 Å². The number of likely N-dealkylation sites (N-methyl/N-ethyl adjacent to an activating group) is 1. The number of anilines is 1. The highest BCUT2D eigenvalue weighted by molar-refractivity contribution is 5.91. The van der Waals surface area contributed by atoms with Gasteiger partial charge < -0.3 is 19.7 Å². The van der Waals surface area contributed by atoms with Crippen LogP contribution >= 0.6 is 0 Å². The van der Waals surface area contributed by atoms with Crippen LogP contribution in [0.4, 0.5) is 5.69 Å². The van der Waals surface area contributed by atoms with Crippen LogP contribution in [0.5, 0.6) is 11.5 Å². The van der Waals surface area contributed by atoms with Crippen molar-refractivity contribution in [2.75, 3.05) is 31.6 Å². The van der Waals surface area contributed by atoms with Gasteiger partial charge in [0.2, 0.25) is 0 Å². The Labute approximate surface area is 174 Å². The summed E-state index contributed by atoms with van der Waals surface area (Å²) in [6.45, 7) is 6.44.